The maximum Gasteiger partial charge on any atom is 0.159 e. The Morgan fingerprint density at radius 3 is 2.80 bits per heavy atom. The van der Waals surface area contributed by atoms with Crippen LogP contribution in [-0.2, 0) is 6.54 Å². The molecule has 2 aromatic rings. The van der Waals surface area contributed by atoms with Crippen LogP contribution < -0.4 is 0 Å². The van der Waals surface area contributed by atoms with Crippen molar-refractivity contribution in [3.63, 3.8) is 0 Å². The van der Waals surface area contributed by atoms with Crippen molar-refractivity contribution < 1.29 is 0 Å². The second kappa shape index (κ2) is 4.00. The van der Waals surface area contributed by atoms with Crippen LogP contribution in [0.1, 0.15) is 5.56 Å². The van der Waals surface area contributed by atoms with Gasteiger partial charge in [0.2, 0.25) is 0 Å². The normalized spacial score (nSPS) is 10.1. The number of aromatic nitrogens is 1. The van der Waals surface area contributed by atoms with Gasteiger partial charge in [-0.2, -0.15) is 0 Å². The third kappa shape index (κ3) is 1.76. The lowest BCUT2D eigenvalue weighted by Gasteiger charge is -2.02. The second-order valence-electron chi connectivity index (χ2n) is 3.23. The highest BCUT2D eigenvalue weighted by atomic mass is 14.9. The summed E-state index contributed by atoms with van der Waals surface area (Å²) in [7, 11) is 0. The van der Waals surface area contributed by atoms with E-state index < -0.39 is 0 Å². The molecule has 3 heteroatoms. The SMILES string of the molecule is C=NCc1ccc2c(N=C)nccc2c1. The number of nitrogens with zero attached hydrogens (tertiary/aromatic N) is 3. The van der Waals surface area contributed by atoms with Crippen LogP contribution in [0.2, 0.25) is 0 Å². The molecular formula is C12H11N3. The molecule has 74 valence electrons. The second-order valence-corrected chi connectivity index (χ2v) is 3.23. The van der Waals surface area contributed by atoms with Gasteiger partial charge in [0.25, 0.3) is 0 Å². The van der Waals surface area contributed by atoms with E-state index >= 15 is 0 Å². The molecule has 0 aliphatic heterocycles. The van der Waals surface area contributed by atoms with Crippen LogP contribution in [0, 0.1) is 0 Å². The van der Waals surface area contributed by atoms with Crippen molar-refractivity contribution in [2.24, 2.45) is 9.98 Å². The van der Waals surface area contributed by atoms with Crippen LogP contribution in [0.15, 0.2) is 40.4 Å². The van der Waals surface area contributed by atoms with Gasteiger partial charge in [0.1, 0.15) is 0 Å². The van der Waals surface area contributed by atoms with Crippen molar-refractivity contribution >= 4 is 30.0 Å². The van der Waals surface area contributed by atoms with Gasteiger partial charge in [0.05, 0.1) is 6.54 Å². The van der Waals surface area contributed by atoms with Crippen LogP contribution >= 0.6 is 0 Å². The first-order valence-electron chi connectivity index (χ1n) is 4.62. The Balaban J connectivity index is 2.63. The molecule has 0 aliphatic carbocycles. The number of benzene rings is 1. The summed E-state index contributed by atoms with van der Waals surface area (Å²) in [6.07, 6.45) is 1.73. The standard InChI is InChI=1S/C12H11N3/c1-13-8-9-3-4-11-10(7-9)5-6-15-12(11)14-2/h3-7H,1-2,8H2. The van der Waals surface area contributed by atoms with Gasteiger partial charge in [-0.3, -0.25) is 4.99 Å². The number of hydrogen-bond donors (Lipinski definition) is 0. The van der Waals surface area contributed by atoms with E-state index in [0.717, 1.165) is 16.3 Å². The van der Waals surface area contributed by atoms with Crippen LogP contribution in [0.5, 0.6) is 0 Å². The molecule has 1 heterocycles. The molecule has 0 saturated heterocycles. The van der Waals surface area contributed by atoms with E-state index in [9.17, 15) is 0 Å². The molecule has 0 amide bonds. The van der Waals surface area contributed by atoms with Gasteiger partial charge in [0, 0.05) is 11.6 Å². The first-order valence-corrected chi connectivity index (χ1v) is 4.62. The zero-order valence-electron chi connectivity index (χ0n) is 8.35. The van der Waals surface area contributed by atoms with Gasteiger partial charge in [-0.1, -0.05) is 12.1 Å². The third-order valence-electron chi connectivity index (χ3n) is 2.25. The summed E-state index contributed by atoms with van der Waals surface area (Å²) in [5, 5.41) is 2.12. The molecule has 0 fully saturated rings. The zero-order chi connectivity index (χ0) is 10.7. The Morgan fingerprint density at radius 1 is 1.20 bits per heavy atom. The monoisotopic (exact) mass is 197 g/mol. The molecule has 3 nitrogen and oxygen atoms in total. The average Bonchev–Trinajstić information content (AvgIpc) is 2.28. The number of fused-ring (bicyclic) bond motifs is 1. The molecule has 0 spiro atoms. The first kappa shape index (κ1) is 9.52. The van der Waals surface area contributed by atoms with Crippen molar-refractivity contribution in [3.05, 3.63) is 36.0 Å². The molecular weight excluding hydrogens is 186 g/mol. The highest BCUT2D eigenvalue weighted by molar-refractivity contribution is 5.91. The van der Waals surface area contributed by atoms with Gasteiger partial charge < -0.3 is 0 Å². The van der Waals surface area contributed by atoms with E-state index in [1.165, 1.54) is 0 Å². The molecule has 1 aromatic carbocycles. The summed E-state index contributed by atoms with van der Waals surface area (Å²) < 4.78 is 0. The Morgan fingerprint density at radius 2 is 2.07 bits per heavy atom. The first-order chi connectivity index (χ1) is 7.35. The summed E-state index contributed by atoms with van der Waals surface area (Å²) in [4.78, 5) is 11.9. The van der Waals surface area contributed by atoms with Gasteiger partial charge in [-0.05, 0) is 36.5 Å². The van der Waals surface area contributed by atoms with Crippen molar-refractivity contribution in [2.75, 3.05) is 0 Å². The number of aliphatic imine (C=N–C) groups is 2. The minimum Gasteiger partial charge on any atom is -0.296 e. The summed E-state index contributed by atoms with van der Waals surface area (Å²) in [6, 6.07) is 8.03. The third-order valence-corrected chi connectivity index (χ3v) is 2.25. The van der Waals surface area contributed by atoms with E-state index in [1.807, 2.05) is 18.2 Å². The topological polar surface area (TPSA) is 37.6 Å². The fraction of sp³-hybridized carbons (Fsp3) is 0.0833. The molecule has 0 saturated carbocycles. The van der Waals surface area contributed by atoms with Crippen molar-refractivity contribution in [2.45, 2.75) is 6.54 Å². The maximum absolute atomic E-state index is 4.14. The van der Waals surface area contributed by atoms with E-state index in [0.29, 0.717) is 12.4 Å². The average molecular weight is 197 g/mol. The minimum atomic E-state index is 0.634. The Bertz CT molecular complexity index is 517. The summed E-state index contributed by atoms with van der Waals surface area (Å²) >= 11 is 0. The summed E-state index contributed by atoms with van der Waals surface area (Å²) in [6.45, 7) is 7.61. The summed E-state index contributed by atoms with van der Waals surface area (Å²) in [5.41, 5.74) is 1.14. The van der Waals surface area contributed by atoms with Crippen LogP contribution in [0.3, 0.4) is 0 Å². The molecule has 1 aromatic heterocycles. The van der Waals surface area contributed by atoms with Gasteiger partial charge in [-0.15, -0.1) is 0 Å². The molecule has 0 N–H and O–H groups in total. The van der Waals surface area contributed by atoms with E-state index in [4.69, 9.17) is 0 Å². The summed E-state index contributed by atoms with van der Waals surface area (Å²) in [5.74, 6) is 0.672. The zero-order valence-corrected chi connectivity index (χ0v) is 8.35. The Kier molecular flexibility index (Phi) is 2.54. The van der Waals surface area contributed by atoms with E-state index in [2.05, 4.69) is 34.5 Å². The van der Waals surface area contributed by atoms with Crippen molar-refractivity contribution in [3.8, 4) is 0 Å². The molecule has 0 unspecified atom stereocenters. The number of hydrogen-bond acceptors (Lipinski definition) is 3. The Hall–Kier alpha value is -2.03. The van der Waals surface area contributed by atoms with Gasteiger partial charge >= 0.3 is 0 Å². The highest BCUT2D eigenvalue weighted by Gasteiger charge is 2.00. The van der Waals surface area contributed by atoms with Gasteiger partial charge in [0.15, 0.2) is 5.82 Å². The maximum atomic E-state index is 4.14. The molecule has 0 radical (unpaired) electrons. The minimum absolute atomic E-state index is 0.634. The fourth-order valence-electron chi connectivity index (χ4n) is 1.56. The van der Waals surface area contributed by atoms with E-state index in [-0.39, 0.29) is 0 Å². The highest BCUT2D eigenvalue weighted by Crippen LogP contribution is 2.23. The van der Waals surface area contributed by atoms with E-state index in [1.54, 1.807) is 6.20 Å². The molecule has 2 rings (SSSR count). The predicted octanol–water partition coefficient (Wildman–Crippen LogP) is 2.77. The molecule has 0 atom stereocenters. The molecule has 0 bridgehead atoms. The van der Waals surface area contributed by atoms with Crippen LogP contribution in [0.4, 0.5) is 5.82 Å². The predicted molar refractivity (Wildman–Crippen MR) is 64.2 cm³/mol. The Labute approximate surface area is 88.2 Å². The fourth-order valence-corrected chi connectivity index (χ4v) is 1.56. The quantitative estimate of drug-likeness (QED) is 0.697. The smallest absolute Gasteiger partial charge is 0.159 e. The van der Waals surface area contributed by atoms with Crippen LogP contribution in [0.25, 0.3) is 10.8 Å². The molecule has 0 aliphatic rings. The lowest BCUT2D eigenvalue weighted by Crippen LogP contribution is -1.83. The lowest BCUT2D eigenvalue weighted by molar-refractivity contribution is 1.09. The largest absolute Gasteiger partial charge is 0.296 e. The van der Waals surface area contributed by atoms with Crippen LogP contribution in [-0.4, -0.2) is 18.4 Å². The number of rotatable bonds is 3. The van der Waals surface area contributed by atoms with Crippen molar-refractivity contribution in [1.82, 2.24) is 4.98 Å². The molecule has 15 heavy (non-hydrogen) atoms. The van der Waals surface area contributed by atoms with Crippen molar-refractivity contribution in [1.29, 1.82) is 0 Å². The lowest BCUT2D eigenvalue weighted by atomic mass is 10.1. The number of pyridine rings is 1. The van der Waals surface area contributed by atoms with Gasteiger partial charge in [-0.25, -0.2) is 9.98 Å².